The molecule has 9 heteroatoms. The fourth-order valence-electron chi connectivity index (χ4n) is 3.84. The van der Waals surface area contributed by atoms with Gasteiger partial charge in [-0.25, -0.2) is 9.78 Å². The van der Waals surface area contributed by atoms with Crippen LogP contribution in [0.5, 0.6) is 0 Å². The summed E-state index contributed by atoms with van der Waals surface area (Å²) >= 11 is 5.81. The Bertz CT molecular complexity index is 1310. The van der Waals surface area contributed by atoms with Crippen LogP contribution in [0.4, 0.5) is 0 Å². The van der Waals surface area contributed by atoms with E-state index in [1.807, 2.05) is 13.8 Å². The minimum atomic E-state index is -0.344. The van der Waals surface area contributed by atoms with Crippen LogP contribution in [0, 0.1) is 5.92 Å². The minimum Gasteiger partial charge on any atom is -0.352 e. The smallest absolute Gasteiger partial charge is 0.331 e. The van der Waals surface area contributed by atoms with Gasteiger partial charge in [-0.1, -0.05) is 24.6 Å². The number of hydrogen-bond donors (Lipinski definition) is 1. The van der Waals surface area contributed by atoms with Gasteiger partial charge in [-0.15, -0.1) is 0 Å². The second-order valence-electron chi connectivity index (χ2n) is 8.03. The van der Waals surface area contributed by atoms with Crippen molar-refractivity contribution in [3.05, 3.63) is 73.6 Å². The first-order chi connectivity index (χ1) is 15.7. The number of benzene rings is 1. The highest BCUT2D eigenvalue weighted by Gasteiger charge is 2.15. The van der Waals surface area contributed by atoms with Crippen molar-refractivity contribution in [1.82, 2.24) is 19.4 Å². The third kappa shape index (κ3) is 5.57. The number of ketones is 1. The van der Waals surface area contributed by atoms with Crippen molar-refractivity contribution in [1.29, 1.82) is 0 Å². The van der Waals surface area contributed by atoms with E-state index in [0.717, 1.165) is 5.56 Å². The Kier molecular flexibility index (Phi) is 7.81. The predicted octanol–water partition coefficient (Wildman–Crippen LogP) is 2.82. The average Bonchev–Trinajstić information content (AvgIpc) is 2.78. The monoisotopic (exact) mass is 470 g/mol. The van der Waals surface area contributed by atoms with Crippen molar-refractivity contribution in [2.45, 2.75) is 46.7 Å². The summed E-state index contributed by atoms with van der Waals surface area (Å²) in [7, 11) is 0. The average molecular weight is 471 g/mol. The van der Waals surface area contributed by atoms with Gasteiger partial charge in [0, 0.05) is 44.2 Å². The molecule has 0 bridgehead atoms. The van der Waals surface area contributed by atoms with Crippen LogP contribution >= 0.6 is 11.6 Å². The van der Waals surface area contributed by atoms with E-state index in [1.54, 1.807) is 35.8 Å². The predicted molar refractivity (Wildman–Crippen MR) is 128 cm³/mol. The molecule has 1 aromatic carbocycles. The van der Waals surface area contributed by atoms with Crippen LogP contribution in [0.2, 0.25) is 5.15 Å². The van der Waals surface area contributed by atoms with Crippen LogP contribution in [0.15, 0.2) is 46.1 Å². The number of halogens is 1. The maximum atomic E-state index is 12.8. The van der Waals surface area contributed by atoms with E-state index in [2.05, 4.69) is 10.3 Å². The number of Topliss-reactive ketones (excluding diaryl/α,β-unsaturated/α-hetero) is 1. The number of nitrogens with one attached hydrogen (secondary N) is 1. The molecule has 3 rings (SSSR count). The van der Waals surface area contributed by atoms with E-state index in [0.29, 0.717) is 29.6 Å². The lowest BCUT2D eigenvalue weighted by atomic mass is 9.99. The number of pyridine rings is 1. The van der Waals surface area contributed by atoms with Crippen molar-refractivity contribution in [3.8, 4) is 0 Å². The first-order valence-electron chi connectivity index (χ1n) is 10.9. The van der Waals surface area contributed by atoms with Gasteiger partial charge in [0.25, 0.3) is 11.5 Å². The van der Waals surface area contributed by atoms with Gasteiger partial charge < -0.3 is 5.32 Å². The second kappa shape index (κ2) is 10.6. The van der Waals surface area contributed by atoms with E-state index < -0.39 is 0 Å². The number of aryl methyl sites for hydroxylation is 1. The van der Waals surface area contributed by atoms with Crippen LogP contribution in [-0.2, 0) is 24.3 Å². The van der Waals surface area contributed by atoms with Gasteiger partial charge in [-0.05, 0) is 49.6 Å². The second-order valence-corrected chi connectivity index (χ2v) is 8.42. The molecular weight excluding hydrogens is 444 g/mol. The Labute approximate surface area is 196 Å². The topological polar surface area (TPSA) is 103 Å². The van der Waals surface area contributed by atoms with Gasteiger partial charge in [0.15, 0.2) is 0 Å². The fraction of sp³-hybridized carbons (Fsp3) is 0.375. The lowest BCUT2D eigenvalue weighted by molar-refractivity contribution is -0.119. The third-order valence-electron chi connectivity index (χ3n) is 5.50. The summed E-state index contributed by atoms with van der Waals surface area (Å²) < 4.78 is 2.77. The Balaban J connectivity index is 1.67. The Morgan fingerprint density at radius 2 is 1.82 bits per heavy atom. The number of carbonyl (C=O) groups is 2. The Morgan fingerprint density at radius 3 is 2.48 bits per heavy atom. The molecular formula is C24H27ClN4O4. The molecule has 1 unspecified atom stereocenters. The molecule has 2 aromatic heterocycles. The van der Waals surface area contributed by atoms with E-state index in [4.69, 9.17) is 11.6 Å². The van der Waals surface area contributed by atoms with E-state index in [9.17, 15) is 19.2 Å². The SMILES string of the molecule is CCn1c(=O)c2cc(CC(=O)CC(C)CNC(=O)c3ccnc(Cl)c3)ccc2n(CC)c1=O. The zero-order valence-corrected chi connectivity index (χ0v) is 19.7. The van der Waals surface area contributed by atoms with Crippen molar-refractivity contribution in [2.75, 3.05) is 6.54 Å². The largest absolute Gasteiger partial charge is 0.352 e. The fourth-order valence-corrected chi connectivity index (χ4v) is 4.01. The van der Waals surface area contributed by atoms with Gasteiger partial charge in [0.2, 0.25) is 0 Å². The van der Waals surface area contributed by atoms with Crippen molar-refractivity contribution in [3.63, 3.8) is 0 Å². The van der Waals surface area contributed by atoms with Crippen LogP contribution in [-0.4, -0.2) is 32.4 Å². The zero-order valence-electron chi connectivity index (χ0n) is 18.9. The van der Waals surface area contributed by atoms with Crippen LogP contribution in [0.3, 0.4) is 0 Å². The molecule has 0 aliphatic carbocycles. The molecule has 0 saturated heterocycles. The number of fused-ring (bicyclic) bond motifs is 1. The van der Waals surface area contributed by atoms with E-state index in [1.165, 1.54) is 16.8 Å². The van der Waals surface area contributed by atoms with Gasteiger partial charge in [-0.2, -0.15) is 0 Å². The third-order valence-corrected chi connectivity index (χ3v) is 5.71. The summed E-state index contributed by atoms with van der Waals surface area (Å²) in [6.07, 6.45) is 1.91. The van der Waals surface area contributed by atoms with Crippen molar-refractivity contribution in [2.24, 2.45) is 5.92 Å². The molecule has 1 amide bonds. The zero-order chi connectivity index (χ0) is 24.1. The lowest BCUT2D eigenvalue weighted by Gasteiger charge is -2.14. The molecule has 0 fully saturated rings. The summed E-state index contributed by atoms with van der Waals surface area (Å²) in [6.45, 7) is 6.57. The Hall–Kier alpha value is -3.26. The van der Waals surface area contributed by atoms with Crippen molar-refractivity contribution >= 4 is 34.2 Å². The van der Waals surface area contributed by atoms with Gasteiger partial charge in [0.1, 0.15) is 10.9 Å². The molecule has 0 saturated carbocycles. The normalized spacial score (nSPS) is 12.0. The molecule has 0 spiro atoms. The molecule has 3 aromatic rings. The maximum absolute atomic E-state index is 12.8. The highest BCUT2D eigenvalue weighted by atomic mass is 35.5. The Morgan fingerprint density at radius 1 is 1.09 bits per heavy atom. The summed E-state index contributed by atoms with van der Waals surface area (Å²) in [5.41, 5.74) is 1.03. The number of aromatic nitrogens is 3. The number of nitrogens with zero attached hydrogens (tertiary/aromatic N) is 3. The molecule has 0 aliphatic rings. The number of carbonyl (C=O) groups excluding carboxylic acids is 2. The summed E-state index contributed by atoms with van der Waals surface area (Å²) in [5.74, 6) is -0.341. The van der Waals surface area contributed by atoms with Gasteiger partial charge >= 0.3 is 5.69 Å². The minimum absolute atomic E-state index is 0.00249. The molecule has 8 nitrogen and oxygen atoms in total. The molecule has 1 N–H and O–H groups in total. The van der Waals surface area contributed by atoms with Crippen LogP contribution < -0.4 is 16.6 Å². The molecule has 0 radical (unpaired) electrons. The molecule has 33 heavy (non-hydrogen) atoms. The molecule has 1 atom stereocenters. The van der Waals surface area contributed by atoms with Crippen LogP contribution in [0.25, 0.3) is 10.9 Å². The van der Waals surface area contributed by atoms with Crippen molar-refractivity contribution < 1.29 is 9.59 Å². The van der Waals surface area contributed by atoms with Gasteiger partial charge in [0.05, 0.1) is 10.9 Å². The maximum Gasteiger partial charge on any atom is 0.331 e. The highest BCUT2D eigenvalue weighted by molar-refractivity contribution is 6.29. The standard InChI is InChI=1S/C24H27ClN4O4/c1-4-28-20-7-6-16(12-19(20)23(32)29(5-2)24(28)33)11-18(30)10-15(3)14-27-22(31)17-8-9-26-21(25)13-17/h6-9,12-13,15H,4-5,10-11,14H2,1-3H3,(H,27,31). The number of rotatable bonds is 9. The number of hydrogen-bond acceptors (Lipinski definition) is 5. The summed E-state index contributed by atoms with van der Waals surface area (Å²) in [4.78, 5) is 54.0. The van der Waals surface area contributed by atoms with Gasteiger partial charge in [-0.3, -0.25) is 23.5 Å². The first kappa shape index (κ1) is 24.4. The van der Waals surface area contributed by atoms with Crippen LogP contribution in [0.1, 0.15) is 43.1 Å². The summed E-state index contributed by atoms with van der Waals surface area (Å²) in [5, 5.41) is 3.47. The molecule has 174 valence electrons. The first-order valence-corrected chi connectivity index (χ1v) is 11.3. The number of amides is 1. The molecule has 2 heterocycles. The quantitative estimate of drug-likeness (QED) is 0.484. The highest BCUT2D eigenvalue weighted by Crippen LogP contribution is 2.14. The lowest BCUT2D eigenvalue weighted by Crippen LogP contribution is -2.39. The molecule has 0 aliphatic heterocycles. The van der Waals surface area contributed by atoms with E-state index in [-0.39, 0.29) is 53.4 Å². The summed E-state index contributed by atoms with van der Waals surface area (Å²) in [6, 6.07) is 8.26. The van der Waals surface area contributed by atoms with E-state index >= 15 is 0 Å².